The fourth-order valence-electron chi connectivity index (χ4n) is 1.57. The van der Waals surface area contributed by atoms with Crippen molar-refractivity contribution < 1.29 is 9.53 Å². The Kier molecular flexibility index (Phi) is 3.39. The van der Waals surface area contributed by atoms with Gasteiger partial charge in [0.2, 0.25) is 0 Å². The first-order valence-electron chi connectivity index (χ1n) is 5.24. The first-order valence-corrected chi connectivity index (χ1v) is 5.24. The molecule has 1 fully saturated rings. The van der Waals surface area contributed by atoms with Crippen LogP contribution in [0, 0.1) is 0 Å². The minimum Gasteiger partial charge on any atom is -0.444 e. The maximum absolute atomic E-state index is 11.7. The Balaban J connectivity index is 2.57. The summed E-state index contributed by atoms with van der Waals surface area (Å²) in [7, 11) is 0. The molecule has 4 nitrogen and oxygen atoms in total. The van der Waals surface area contributed by atoms with Crippen molar-refractivity contribution in [3.05, 3.63) is 11.6 Å². The highest BCUT2D eigenvalue weighted by molar-refractivity contribution is 5.71. The van der Waals surface area contributed by atoms with Gasteiger partial charge in [0.05, 0.1) is 6.04 Å². The fourth-order valence-corrected chi connectivity index (χ4v) is 1.57. The molecule has 0 aromatic carbocycles. The number of hydrogen-bond acceptors (Lipinski definition) is 3. The summed E-state index contributed by atoms with van der Waals surface area (Å²) in [6, 6.07) is 0.0323. The predicted molar refractivity (Wildman–Crippen MR) is 59.5 cm³/mol. The minimum absolute atomic E-state index is 0.0323. The van der Waals surface area contributed by atoms with Crippen molar-refractivity contribution in [2.24, 2.45) is 5.73 Å². The van der Waals surface area contributed by atoms with Crippen LogP contribution in [0.15, 0.2) is 11.6 Å². The van der Waals surface area contributed by atoms with Gasteiger partial charge in [0.1, 0.15) is 5.60 Å². The van der Waals surface area contributed by atoms with E-state index < -0.39 is 5.60 Å². The number of nitrogens with two attached hydrogens (primary N) is 1. The number of carbonyl (C=O) groups is 1. The summed E-state index contributed by atoms with van der Waals surface area (Å²) in [5.74, 6) is 0. The Morgan fingerprint density at radius 1 is 1.67 bits per heavy atom. The molecule has 1 aliphatic rings. The Morgan fingerprint density at radius 3 is 2.67 bits per heavy atom. The van der Waals surface area contributed by atoms with Crippen molar-refractivity contribution in [1.82, 2.24) is 4.90 Å². The second-order valence-electron chi connectivity index (χ2n) is 4.72. The Labute approximate surface area is 91.1 Å². The van der Waals surface area contributed by atoms with E-state index >= 15 is 0 Å². The zero-order valence-corrected chi connectivity index (χ0v) is 9.91. The van der Waals surface area contributed by atoms with Gasteiger partial charge in [-0.1, -0.05) is 6.08 Å². The van der Waals surface area contributed by atoms with Gasteiger partial charge in [-0.25, -0.2) is 4.79 Å². The van der Waals surface area contributed by atoms with E-state index in [1.165, 1.54) is 5.57 Å². The first kappa shape index (κ1) is 12.0. The molecule has 4 heteroatoms. The van der Waals surface area contributed by atoms with Crippen LogP contribution in [-0.2, 0) is 4.74 Å². The molecule has 1 amide bonds. The number of ether oxygens (including phenoxy) is 1. The number of likely N-dealkylation sites (tertiary alicyclic amines) is 1. The SMILES string of the molecule is C/C=C1\CN(C(=O)OC(C)(C)C)C1CN. The van der Waals surface area contributed by atoms with Crippen LogP contribution in [0.5, 0.6) is 0 Å². The standard InChI is InChI=1S/C11H20N2O2/c1-5-8-7-13(9(8)6-12)10(14)15-11(2,3)4/h5,9H,6-7,12H2,1-4H3/b8-5+. The molecule has 0 spiro atoms. The zero-order valence-electron chi connectivity index (χ0n) is 9.91. The Hall–Kier alpha value is -1.03. The average Bonchev–Trinajstić information content (AvgIpc) is 2.00. The molecule has 15 heavy (non-hydrogen) atoms. The second kappa shape index (κ2) is 4.23. The fraction of sp³-hybridized carbons (Fsp3) is 0.727. The highest BCUT2D eigenvalue weighted by Crippen LogP contribution is 2.25. The molecule has 1 atom stereocenters. The number of hydrogen-bond donors (Lipinski definition) is 1. The molecule has 1 aliphatic heterocycles. The maximum Gasteiger partial charge on any atom is 0.411 e. The van der Waals surface area contributed by atoms with Gasteiger partial charge in [-0.05, 0) is 33.3 Å². The summed E-state index contributed by atoms with van der Waals surface area (Å²) in [6.07, 6.45) is 1.74. The first-order chi connectivity index (χ1) is 6.89. The largest absolute Gasteiger partial charge is 0.444 e. The lowest BCUT2D eigenvalue weighted by molar-refractivity contribution is 0.0107. The third-order valence-electron chi connectivity index (χ3n) is 2.38. The van der Waals surface area contributed by atoms with Gasteiger partial charge in [0.25, 0.3) is 0 Å². The Morgan fingerprint density at radius 2 is 2.27 bits per heavy atom. The monoisotopic (exact) mass is 212 g/mol. The summed E-state index contributed by atoms with van der Waals surface area (Å²) in [6.45, 7) is 8.65. The van der Waals surface area contributed by atoms with Crippen LogP contribution in [-0.4, -0.2) is 35.7 Å². The minimum atomic E-state index is -0.443. The molecule has 1 rings (SSSR count). The van der Waals surface area contributed by atoms with Gasteiger partial charge < -0.3 is 10.5 Å². The topological polar surface area (TPSA) is 55.6 Å². The summed E-state index contributed by atoms with van der Waals surface area (Å²) in [5.41, 5.74) is 6.37. The number of rotatable bonds is 1. The molecule has 1 saturated heterocycles. The van der Waals surface area contributed by atoms with Gasteiger partial charge in [0, 0.05) is 13.1 Å². The molecule has 0 radical (unpaired) electrons. The average molecular weight is 212 g/mol. The molecule has 0 aromatic heterocycles. The van der Waals surface area contributed by atoms with E-state index in [2.05, 4.69) is 0 Å². The molecule has 1 unspecified atom stereocenters. The van der Waals surface area contributed by atoms with Crippen molar-refractivity contribution in [2.45, 2.75) is 39.3 Å². The highest BCUT2D eigenvalue weighted by Gasteiger charge is 2.37. The molecule has 2 N–H and O–H groups in total. The number of allylic oxidation sites excluding steroid dienone is 1. The van der Waals surface area contributed by atoms with E-state index in [0.29, 0.717) is 13.1 Å². The maximum atomic E-state index is 11.7. The van der Waals surface area contributed by atoms with Crippen molar-refractivity contribution >= 4 is 6.09 Å². The Bertz CT molecular complexity index is 279. The smallest absolute Gasteiger partial charge is 0.411 e. The van der Waals surface area contributed by atoms with Crippen molar-refractivity contribution in [2.75, 3.05) is 13.1 Å². The van der Waals surface area contributed by atoms with Gasteiger partial charge in [-0.2, -0.15) is 0 Å². The number of nitrogens with zero attached hydrogens (tertiary/aromatic N) is 1. The lowest BCUT2D eigenvalue weighted by atomic mass is 9.96. The van der Waals surface area contributed by atoms with E-state index in [0.717, 1.165) is 0 Å². The van der Waals surface area contributed by atoms with Crippen LogP contribution in [0.1, 0.15) is 27.7 Å². The van der Waals surface area contributed by atoms with Gasteiger partial charge >= 0.3 is 6.09 Å². The van der Waals surface area contributed by atoms with E-state index in [4.69, 9.17) is 10.5 Å². The molecular formula is C11H20N2O2. The summed E-state index contributed by atoms with van der Waals surface area (Å²) < 4.78 is 5.27. The van der Waals surface area contributed by atoms with Crippen LogP contribution >= 0.6 is 0 Å². The lowest BCUT2D eigenvalue weighted by Crippen LogP contribution is -2.57. The van der Waals surface area contributed by atoms with Crippen LogP contribution in [0.4, 0.5) is 4.79 Å². The van der Waals surface area contributed by atoms with Crippen molar-refractivity contribution in [3.63, 3.8) is 0 Å². The molecule has 1 heterocycles. The van der Waals surface area contributed by atoms with Crippen LogP contribution in [0.25, 0.3) is 0 Å². The molecule has 0 aliphatic carbocycles. The zero-order chi connectivity index (χ0) is 11.6. The van der Waals surface area contributed by atoms with Crippen molar-refractivity contribution in [1.29, 1.82) is 0 Å². The lowest BCUT2D eigenvalue weighted by Gasteiger charge is -2.43. The molecule has 0 bridgehead atoms. The number of carbonyl (C=O) groups excluding carboxylic acids is 1. The molecular weight excluding hydrogens is 192 g/mol. The van der Waals surface area contributed by atoms with E-state index in [1.54, 1.807) is 4.90 Å². The third kappa shape index (κ3) is 2.72. The summed E-state index contributed by atoms with van der Waals surface area (Å²) >= 11 is 0. The van der Waals surface area contributed by atoms with Crippen LogP contribution in [0.2, 0.25) is 0 Å². The predicted octanol–water partition coefficient (Wildman–Crippen LogP) is 1.51. The summed E-state index contributed by atoms with van der Waals surface area (Å²) in [5, 5.41) is 0. The van der Waals surface area contributed by atoms with E-state index in [9.17, 15) is 4.79 Å². The molecule has 0 saturated carbocycles. The van der Waals surface area contributed by atoms with Crippen LogP contribution < -0.4 is 5.73 Å². The quantitative estimate of drug-likeness (QED) is 0.670. The molecule has 86 valence electrons. The van der Waals surface area contributed by atoms with Crippen molar-refractivity contribution in [3.8, 4) is 0 Å². The van der Waals surface area contributed by atoms with Crippen LogP contribution in [0.3, 0.4) is 0 Å². The van der Waals surface area contributed by atoms with Gasteiger partial charge in [-0.3, -0.25) is 4.90 Å². The van der Waals surface area contributed by atoms with E-state index in [1.807, 2.05) is 33.8 Å². The number of amides is 1. The molecule has 0 aromatic rings. The van der Waals surface area contributed by atoms with E-state index in [-0.39, 0.29) is 12.1 Å². The normalized spacial score (nSPS) is 23.9. The van der Waals surface area contributed by atoms with Gasteiger partial charge in [0.15, 0.2) is 0 Å². The summed E-state index contributed by atoms with van der Waals surface area (Å²) in [4.78, 5) is 13.4. The van der Waals surface area contributed by atoms with Gasteiger partial charge in [-0.15, -0.1) is 0 Å². The second-order valence-corrected chi connectivity index (χ2v) is 4.72. The highest BCUT2D eigenvalue weighted by atomic mass is 16.6. The third-order valence-corrected chi connectivity index (χ3v) is 2.38.